The molecule has 0 aromatic carbocycles. The van der Waals surface area contributed by atoms with Gasteiger partial charge < -0.3 is 28.4 Å². The summed E-state index contributed by atoms with van der Waals surface area (Å²) in [5, 5.41) is 0. The molecule has 0 aromatic rings. The summed E-state index contributed by atoms with van der Waals surface area (Å²) in [6.07, 6.45) is 18.4. The summed E-state index contributed by atoms with van der Waals surface area (Å²) < 4.78 is 37.5. The van der Waals surface area contributed by atoms with E-state index in [1.165, 1.54) is 27.1 Å². The van der Waals surface area contributed by atoms with Gasteiger partial charge in [-0.3, -0.25) is 19.2 Å². The highest BCUT2D eigenvalue weighted by molar-refractivity contribution is 5.84. The third-order valence-corrected chi connectivity index (χ3v) is 23.1. The van der Waals surface area contributed by atoms with Crippen molar-refractivity contribution in [3.05, 3.63) is 0 Å². The lowest BCUT2D eigenvalue weighted by atomic mass is 9.43. The summed E-state index contributed by atoms with van der Waals surface area (Å²) in [5.74, 6) is 3.87. The van der Waals surface area contributed by atoms with Crippen LogP contribution in [0.15, 0.2) is 0 Å². The quantitative estimate of drug-likeness (QED) is 0.218. The van der Waals surface area contributed by atoms with Crippen molar-refractivity contribution in [1.29, 1.82) is 0 Å². The zero-order valence-electron chi connectivity index (χ0n) is 41.5. The van der Waals surface area contributed by atoms with E-state index in [1.54, 1.807) is 0 Å². The molecule has 2 heterocycles. The molecule has 8 saturated carbocycles. The fourth-order valence-corrected chi connectivity index (χ4v) is 19.0. The fraction of sp³-hybridized carbons (Fsp3) is 0.927. The monoisotopic (exact) mass is 905 g/mol. The molecular weight excluding hydrogens is 821 g/mol. The Hall–Kier alpha value is -1.88. The van der Waals surface area contributed by atoms with Crippen molar-refractivity contribution >= 4 is 23.5 Å². The van der Waals surface area contributed by atoms with Crippen molar-refractivity contribution in [3.8, 4) is 0 Å². The van der Waals surface area contributed by atoms with Crippen LogP contribution in [0.5, 0.6) is 0 Å². The van der Waals surface area contributed by atoms with E-state index in [1.807, 2.05) is 0 Å². The van der Waals surface area contributed by atoms with Crippen LogP contribution in [0.2, 0.25) is 0 Å². The number of hydrogen-bond acceptors (Lipinski definition) is 10. The standard InChI is InChI=1S/C55H84O10/c1-33(9-15-45(58)60-7)37-11-13-39-47-41(17-19-51(37,39)5)49(3)21-23-54(27-35(49)25-43(47)56)62-29-53(30-63-54)31-64-55(65-32-53)24-22-50(4)36(28-55)26-44(57)48-40-14-12-38(34(2)10-16-46(59)61-8)52(40,6)20-18-42(48)50/h33-42,47-48H,9-32H2,1-8H3/t33-,34-,35-,36-,37-,38-,39+,40+,41+,42+,47+,48+,49+,50+,51-,52-,53?,54?,55?/m1/s1. The summed E-state index contributed by atoms with van der Waals surface area (Å²) in [4.78, 5) is 52.8. The molecule has 16 atom stereocenters. The maximum atomic E-state index is 14.4. The third kappa shape index (κ3) is 7.41. The smallest absolute Gasteiger partial charge is 0.305 e. The Morgan fingerprint density at radius 2 is 0.908 bits per heavy atom. The summed E-state index contributed by atoms with van der Waals surface area (Å²) in [7, 11) is 2.95. The lowest BCUT2D eigenvalue weighted by Gasteiger charge is -2.63. The number of Topliss-reactive ketones (excluding diaryl/α,β-unsaturated/α-hetero) is 2. The molecular formula is C55H84O10. The van der Waals surface area contributed by atoms with E-state index < -0.39 is 11.6 Å². The zero-order valence-corrected chi connectivity index (χ0v) is 41.5. The lowest BCUT2D eigenvalue weighted by Crippen LogP contribution is -2.64. The molecule has 10 aliphatic rings. The fourth-order valence-electron chi connectivity index (χ4n) is 19.0. The van der Waals surface area contributed by atoms with E-state index >= 15 is 0 Å². The van der Waals surface area contributed by atoms with Crippen LogP contribution >= 0.6 is 0 Å². The van der Waals surface area contributed by atoms with Crippen LogP contribution in [0.4, 0.5) is 0 Å². The number of methoxy groups -OCH3 is 2. The Morgan fingerprint density at radius 3 is 1.28 bits per heavy atom. The molecule has 0 aromatic heterocycles. The normalized spacial score (nSPS) is 51.0. The minimum absolute atomic E-state index is 0.100. The van der Waals surface area contributed by atoms with E-state index in [4.69, 9.17) is 28.4 Å². The van der Waals surface area contributed by atoms with Gasteiger partial charge in [-0.15, -0.1) is 0 Å². The first kappa shape index (κ1) is 46.8. The average molecular weight is 905 g/mol. The summed E-state index contributed by atoms with van der Waals surface area (Å²) >= 11 is 0. The number of carbonyl (C=O) groups is 4. The van der Waals surface area contributed by atoms with Gasteiger partial charge >= 0.3 is 11.9 Å². The molecule has 3 spiro atoms. The number of rotatable bonds is 8. The maximum Gasteiger partial charge on any atom is 0.305 e. The third-order valence-electron chi connectivity index (χ3n) is 23.1. The maximum absolute atomic E-state index is 14.4. The molecule has 364 valence electrons. The predicted molar refractivity (Wildman–Crippen MR) is 244 cm³/mol. The molecule has 8 aliphatic carbocycles. The van der Waals surface area contributed by atoms with Crippen LogP contribution in [0.25, 0.3) is 0 Å². The van der Waals surface area contributed by atoms with Gasteiger partial charge in [0.15, 0.2) is 11.6 Å². The van der Waals surface area contributed by atoms with Gasteiger partial charge in [-0.2, -0.15) is 0 Å². The minimum atomic E-state index is -0.656. The van der Waals surface area contributed by atoms with E-state index in [2.05, 4.69) is 41.5 Å². The number of ketones is 2. The van der Waals surface area contributed by atoms with Crippen LogP contribution in [-0.4, -0.2) is 75.7 Å². The average Bonchev–Trinajstić information content (AvgIpc) is 3.84. The van der Waals surface area contributed by atoms with Crippen LogP contribution in [0, 0.1) is 98.1 Å². The van der Waals surface area contributed by atoms with Crippen LogP contribution in [0.1, 0.15) is 170 Å². The summed E-state index contributed by atoms with van der Waals surface area (Å²) in [6.45, 7) is 16.7. The first-order valence-corrected chi connectivity index (χ1v) is 26.6. The Labute approximate surface area is 390 Å². The highest BCUT2D eigenvalue weighted by Crippen LogP contribution is 2.71. The largest absolute Gasteiger partial charge is 0.469 e. The molecule has 0 bridgehead atoms. The van der Waals surface area contributed by atoms with Gasteiger partial charge in [-0.05, 0) is 158 Å². The van der Waals surface area contributed by atoms with E-state index in [9.17, 15) is 19.2 Å². The van der Waals surface area contributed by atoms with Gasteiger partial charge in [0.05, 0.1) is 46.1 Å². The molecule has 2 saturated heterocycles. The SMILES string of the molecule is COC(=O)CC[C@@H](C)[C@H]1CC[C@H]2[C@@H]3C(=O)C[C@@H]4CC5(CC[C@]4(C)[C@H]3CC[C@]12C)OCC1(CO5)COC2(CC[C@@]3(C)[C@H](CC(=O)[C@@H]4[C@@H]3CC[C@]3(C)[C@@H]([C@H](C)CCC(=O)OC)CC[C@@H]43)C2)OC1. The van der Waals surface area contributed by atoms with Gasteiger partial charge in [0.25, 0.3) is 0 Å². The van der Waals surface area contributed by atoms with Gasteiger partial charge in [-0.1, -0.05) is 41.5 Å². The topological polar surface area (TPSA) is 124 Å². The highest BCUT2D eigenvalue weighted by atomic mass is 16.7. The zero-order chi connectivity index (χ0) is 46.0. The number of ether oxygens (including phenoxy) is 6. The summed E-state index contributed by atoms with van der Waals surface area (Å²) in [5.41, 5.74) is 0.144. The molecule has 65 heavy (non-hydrogen) atoms. The Kier molecular flexibility index (Phi) is 12.0. The second kappa shape index (κ2) is 16.6. The van der Waals surface area contributed by atoms with Gasteiger partial charge in [0, 0.05) is 63.2 Å². The Bertz CT molecular complexity index is 1730. The molecule has 2 aliphatic heterocycles. The first-order chi connectivity index (χ1) is 30.9. The van der Waals surface area contributed by atoms with Gasteiger partial charge in [0.2, 0.25) is 0 Å². The number of carbonyl (C=O) groups excluding carboxylic acids is 4. The molecule has 10 rings (SSSR count). The Morgan fingerprint density at radius 1 is 0.538 bits per heavy atom. The molecule has 10 heteroatoms. The molecule has 0 N–H and O–H groups in total. The molecule has 10 fully saturated rings. The molecule has 10 nitrogen and oxygen atoms in total. The van der Waals surface area contributed by atoms with Crippen molar-refractivity contribution in [2.24, 2.45) is 98.1 Å². The van der Waals surface area contributed by atoms with Crippen LogP contribution in [-0.2, 0) is 47.6 Å². The predicted octanol–water partition coefficient (Wildman–Crippen LogP) is 10.3. The van der Waals surface area contributed by atoms with E-state index in [0.29, 0.717) is 111 Å². The second-order valence-electron chi connectivity index (χ2n) is 25.7. The second-order valence-corrected chi connectivity index (χ2v) is 25.7. The minimum Gasteiger partial charge on any atom is -0.469 e. The van der Waals surface area contributed by atoms with Gasteiger partial charge in [0.1, 0.15) is 11.6 Å². The molecule has 0 amide bonds. The van der Waals surface area contributed by atoms with E-state index in [-0.39, 0.29) is 62.7 Å². The van der Waals surface area contributed by atoms with Crippen molar-refractivity contribution < 1.29 is 47.6 Å². The van der Waals surface area contributed by atoms with Crippen LogP contribution in [0.3, 0.4) is 0 Å². The number of esters is 2. The van der Waals surface area contributed by atoms with Crippen molar-refractivity contribution in [2.45, 2.75) is 182 Å². The van der Waals surface area contributed by atoms with Gasteiger partial charge in [-0.25, -0.2) is 0 Å². The molecule has 0 unspecified atom stereocenters. The first-order valence-electron chi connectivity index (χ1n) is 26.6. The van der Waals surface area contributed by atoms with Crippen molar-refractivity contribution in [2.75, 3.05) is 40.6 Å². The highest BCUT2D eigenvalue weighted by Gasteiger charge is 2.68. The van der Waals surface area contributed by atoms with Crippen LogP contribution < -0.4 is 0 Å². The number of fused-ring (bicyclic) bond motifs is 10. The van der Waals surface area contributed by atoms with Crippen molar-refractivity contribution in [3.63, 3.8) is 0 Å². The van der Waals surface area contributed by atoms with E-state index in [0.717, 1.165) is 89.9 Å². The van der Waals surface area contributed by atoms with Crippen molar-refractivity contribution in [1.82, 2.24) is 0 Å². The Balaban J connectivity index is 0.738. The lowest BCUT2D eigenvalue weighted by molar-refractivity contribution is -0.388. The number of hydrogen-bond donors (Lipinski definition) is 0. The molecule has 0 radical (unpaired) electrons. The summed E-state index contributed by atoms with van der Waals surface area (Å²) in [6, 6.07) is 0.